The first kappa shape index (κ1) is 28.2. The van der Waals surface area contributed by atoms with Crippen LogP contribution in [0.3, 0.4) is 0 Å². The van der Waals surface area contributed by atoms with E-state index in [-0.39, 0.29) is 42.3 Å². The van der Waals surface area contributed by atoms with Crippen molar-refractivity contribution in [1.29, 1.82) is 0 Å². The molecule has 0 heterocycles. The van der Waals surface area contributed by atoms with E-state index in [1.54, 1.807) is 0 Å². The molecule has 0 saturated heterocycles. The summed E-state index contributed by atoms with van der Waals surface area (Å²) < 4.78 is 10.8. The van der Waals surface area contributed by atoms with E-state index in [0.29, 0.717) is 6.42 Å². The molecular weight excluding hydrogens is 486 g/mol. The first-order chi connectivity index (χ1) is 18.3. The molecule has 0 radical (unpaired) electrons. The van der Waals surface area contributed by atoms with Gasteiger partial charge in [-0.15, -0.1) is 0 Å². The molecule has 2 atom stereocenters. The van der Waals surface area contributed by atoms with Crippen LogP contribution in [0.1, 0.15) is 31.4 Å². The summed E-state index contributed by atoms with van der Waals surface area (Å²) in [5, 5.41) is 14.2. The molecule has 0 aromatic heterocycles. The summed E-state index contributed by atoms with van der Waals surface area (Å²) in [6, 6.07) is 22.2. The third kappa shape index (κ3) is 7.80. The zero-order valence-electron chi connectivity index (χ0n) is 21.8. The third-order valence-corrected chi connectivity index (χ3v) is 6.18. The number of hydrogen-bond donors (Lipinski definition) is 1. The Morgan fingerprint density at radius 1 is 1.00 bits per heavy atom. The summed E-state index contributed by atoms with van der Waals surface area (Å²) in [7, 11) is 1.32. The van der Waals surface area contributed by atoms with Crippen molar-refractivity contribution in [2.45, 2.75) is 45.3 Å². The van der Waals surface area contributed by atoms with Crippen molar-refractivity contribution in [1.82, 2.24) is 10.2 Å². The molecule has 38 heavy (non-hydrogen) atoms. The second kappa shape index (κ2) is 13.8. The minimum Gasteiger partial charge on any atom is -0.490 e. The van der Waals surface area contributed by atoms with Crippen LogP contribution in [-0.4, -0.2) is 47.4 Å². The molecule has 0 spiro atoms. The molecule has 200 valence electrons. The van der Waals surface area contributed by atoms with Gasteiger partial charge in [0.15, 0.2) is 6.61 Å². The van der Waals surface area contributed by atoms with Crippen LogP contribution < -0.4 is 14.8 Å². The second-order valence-electron chi connectivity index (χ2n) is 8.91. The van der Waals surface area contributed by atoms with E-state index in [1.165, 1.54) is 30.2 Å². The van der Waals surface area contributed by atoms with Crippen LogP contribution in [-0.2, 0) is 22.6 Å². The largest absolute Gasteiger partial charge is 0.490 e. The summed E-state index contributed by atoms with van der Waals surface area (Å²) in [6.07, 6.45) is 1.08. The van der Waals surface area contributed by atoms with Crippen molar-refractivity contribution >= 4 is 17.5 Å². The average molecular weight is 520 g/mol. The molecule has 0 aliphatic heterocycles. The van der Waals surface area contributed by atoms with Gasteiger partial charge in [-0.1, -0.05) is 67.6 Å². The summed E-state index contributed by atoms with van der Waals surface area (Å²) in [6.45, 7) is 3.75. The standard InChI is InChI=1S/C29H33N3O6/c1-4-21(2)30-29(34)26(17-22-11-7-5-8-12-22)31(19-23-13-9-6-10-14-23)28(33)20-38-24-15-16-25(32(35)36)27(18-24)37-3/h5-16,18,21,26H,4,17,19-20H2,1-3H3,(H,30,34). The lowest BCUT2D eigenvalue weighted by molar-refractivity contribution is -0.385. The van der Waals surface area contributed by atoms with Crippen LogP contribution in [0.15, 0.2) is 78.9 Å². The van der Waals surface area contributed by atoms with Gasteiger partial charge in [0.1, 0.15) is 11.8 Å². The second-order valence-corrected chi connectivity index (χ2v) is 8.91. The number of amides is 2. The van der Waals surface area contributed by atoms with Crippen LogP contribution in [0.25, 0.3) is 0 Å². The van der Waals surface area contributed by atoms with Crippen molar-refractivity contribution in [2.75, 3.05) is 13.7 Å². The van der Waals surface area contributed by atoms with Gasteiger partial charge in [-0.25, -0.2) is 0 Å². The number of nitrogens with one attached hydrogen (secondary N) is 1. The van der Waals surface area contributed by atoms with Crippen molar-refractivity contribution in [3.05, 3.63) is 100 Å². The molecular formula is C29H33N3O6. The summed E-state index contributed by atoms with van der Waals surface area (Å²) in [4.78, 5) is 39.3. The van der Waals surface area contributed by atoms with Crippen LogP contribution in [0.4, 0.5) is 5.69 Å². The van der Waals surface area contributed by atoms with Crippen LogP contribution in [0, 0.1) is 10.1 Å². The van der Waals surface area contributed by atoms with E-state index in [1.807, 2.05) is 74.5 Å². The minimum absolute atomic E-state index is 0.0241. The highest BCUT2D eigenvalue weighted by Crippen LogP contribution is 2.30. The van der Waals surface area contributed by atoms with Gasteiger partial charge in [0, 0.05) is 31.1 Å². The molecule has 1 N–H and O–H groups in total. The Kier molecular flexibility index (Phi) is 10.2. The minimum atomic E-state index is -0.783. The number of nitrogens with zero attached hydrogens (tertiary/aromatic N) is 2. The predicted octanol–water partition coefficient (Wildman–Crippen LogP) is 4.54. The molecule has 3 aromatic carbocycles. The number of rotatable bonds is 13. The predicted molar refractivity (Wildman–Crippen MR) is 144 cm³/mol. The lowest BCUT2D eigenvalue weighted by Crippen LogP contribution is -2.53. The van der Waals surface area contributed by atoms with Crippen molar-refractivity contribution in [3.8, 4) is 11.5 Å². The van der Waals surface area contributed by atoms with Gasteiger partial charge in [-0.2, -0.15) is 0 Å². The quantitative estimate of drug-likeness (QED) is 0.262. The molecule has 0 aliphatic rings. The molecule has 2 amide bonds. The number of hydrogen-bond acceptors (Lipinski definition) is 6. The number of carbonyl (C=O) groups is 2. The highest BCUT2D eigenvalue weighted by Gasteiger charge is 2.31. The topological polar surface area (TPSA) is 111 Å². The monoisotopic (exact) mass is 519 g/mol. The van der Waals surface area contributed by atoms with E-state index in [0.717, 1.165) is 17.5 Å². The number of nitro groups is 1. The smallest absolute Gasteiger partial charge is 0.311 e. The van der Waals surface area contributed by atoms with Gasteiger partial charge in [0.25, 0.3) is 5.91 Å². The number of nitro benzene ring substituents is 1. The van der Waals surface area contributed by atoms with Crippen molar-refractivity contribution in [3.63, 3.8) is 0 Å². The van der Waals surface area contributed by atoms with E-state index >= 15 is 0 Å². The molecule has 0 aliphatic carbocycles. The number of ether oxygens (including phenoxy) is 2. The van der Waals surface area contributed by atoms with E-state index < -0.39 is 16.9 Å². The van der Waals surface area contributed by atoms with Crippen LogP contribution >= 0.6 is 0 Å². The van der Waals surface area contributed by atoms with E-state index in [2.05, 4.69) is 5.32 Å². The molecule has 9 heteroatoms. The maximum absolute atomic E-state index is 13.6. The Morgan fingerprint density at radius 2 is 1.63 bits per heavy atom. The van der Waals surface area contributed by atoms with Gasteiger partial charge in [0.05, 0.1) is 12.0 Å². The fourth-order valence-corrected chi connectivity index (χ4v) is 3.90. The fraction of sp³-hybridized carbons (Fsp3) is 0.310. The fourth-order valence-electron chi connectivity index (χ4n) is 3.90. The molecule has 3 aromatic rings. The molecule has 9 nitrogen and oxygen atoms in total. The Balaban J connectivity index is 1.90. The molecule has 2 unspecified atom stereocenters. The lowest BCUT2D eigenvalue weighted by atomic mass is 10.0. The third-order valence-electron chi connectivity index (χ3n) is 6.18. The van der Waals surface area contributed by atoms with Gasteiger partial charge in [-0.3, -0.25) is 19.7 Å². The van der Waals surface area contributed by atoms with Crippen LogP contribution in [0.2, 0.25) is 0 Å². The Bertz CT molecular complexity index is 1220. The first-order valence-corrected chi connectivity index (χ1v) is 12.4. The van der Waals surface area contributed by atoms with Gasteiger partial charge in [0.2, 0.25) is 11.7 Å². The Labute approximate surface area is 222 Å². The lowest BCUT2D eigenvalue weighted by Gasteiger charge is -2.32. The number of benzene rings is 3. The highest BCUT2D eigenvalue weighted by molar-refractivity contribution is 5.88. The van der Waals surface area contributed by atoms with Crippen molar-refractivity contribution < 1.29 is 24.0 Å². The maximum atomic E-state index is 13.6. The normalized spacial score (nSPS) is 12.2. The molecule has 3 rings (SSSR count). The number of methoxy groups -OCH3 is 1. The van der Waals surface area contributed by atoms with E-state index in [4.69, 9.17) is 9.47 Å². The van der Waals surface area contributed by atoms with E-state index in [9.17, 15) is 19.7 Å². The van der Waals surface area contributed by atoms with Crippen LogP contribution in [0.5, 0.6) is 11.5 Å². The SMILES string of the molecule is CCC(C)NC(=O)C(Cc1ccccc1)N(Cc1ccccc1)C(=O)COc1ccc([N+](=O)[O-])c(OC)c1. The Morgan fingerprint density at radius 3 is 2.21 bits per heavy atom. The zero-order chi connectivity index (χ0) is 27.5. The van der Waals surface area contributed by atoms with Gasteiger partial charge < -0.3 is 19.7 Å². The van der Waals surface area contributed by atoms with Gasteiger partial charge in [-0.05, 0) is 30.5 Å². The first-order valence-electron chi connectivity index (χ1n) is 12.4. The summed E-state index contributed by atoms with van der Waals surface area (Å²) in [5.74, 6) is -0.379. The Hall–Kier alpha value is -4.40. The maximum Gasteiger partial charge on any atom is 0.311 e. The van der Waals surface area contributed by atoms with Crippen molar-refractivity contribution in [2.24, 2.45) is 0 Å². The highest BCUT2D eigenvalue weighted by atomic mass is 16.6. The van der Waals surface area contributed by atoms with Gasteiger partial charge >= 0.3 is 5.69 Å². The molecule has 0 saturated carbocycles. The average Bonchev–Trinajstić information content (AvgIpc) is 2.94. The number of carbonyl (C=O) groups excluding carboxylic acids is 2. The summed E-state index contributed by atoms with van der Waals surface area (Å²) in [5.41, 5.74) is 1.58. The molecule has 0 bridgehead atoms. The summed E-state index contributed by atoms with van der Waals surface area (Å²) >= 11 is 0. The molecule has 0 fully saturated rings. The zero-order valence-corrected chi connectivity index (χ0v) is 21.8.